The lowest BCUT2D eigenvalue weighted by atomic mass is 9.83. The second-order valence-corrected chi connectivity index (χ2v) is 12.1. The smallest absolute Gasteiger partial charge is 0.271 e. The maximum Gasteiger partial charge on any atom is 0.271 e. The van der Waals surface area contributed by atoms with Gasteiger partial charge in [-0.1, -0.05) is 83.6 Å². The van der Waals surface area contributed by atoms with Crippen LogP contribution in [0.25, 0.3) is 11.8 Å². The van der Waals surface area contributed by atoms with Gasteiger partial charge in [0, 0.05) is 10.6 Å². The lowest BCUT2D eigenvalue weighted by molar-refractivity contribution is 0.174. The van der Waals surface area contributed by atoms with E-state index in [0.717, 1.165) is 63.6 Å². The maximum atomic E-state index is 14.0. The van der Waals surface area contributed by atoms with Crippen LogP contribution in [0.15, 0.2) is 106 Å². The van der Waals surface area contributed by atoms with Crippen LogP contribution in [-0.4, -0.2) is 11.4 Å². The summed E-state index contributed by atoms with van der Waals surface area (Å²) in [6.45, 7) is 0.653. The molecule has 0 amide bonds. The summed E-state index contributed by atoms with van der Waals surface area (Å²) in [6, 6.07) is 29.4. The molecule has 0 radical (unpaired) electrons. The summed E-state index contributed by atoms with van der Waals surface area (Å²) in [6.07, 6.45) is 3.65. The van der Waals surface area contributed by atoms with E-state index in [1.165, 1.54) is 16.9 Å². The van der Waals surface area contributed by atoms with Gasteiger partial charge in [-0.2, -0.15) is 0 Å². The highest BCUT2D eigenvalue weighted by Gasteiger charge is 2.33. The molecule has 1 unspecified atom stereocenters. The van der Waals surface area contributed by atoms with E-state index in [1.807, 2.05) is 83.4 Å². The normalized spacial score (nSPS) is 16.8. The number of aromatic nitrogens is 1. The van der Waals surface area contributed by atoms with Crippen LogP contribution in [0.2, 0.25) is 5.02 Å². The van der Waals surface area contributed by atoms with Gasteiger partial charge in [0.05, 0.1) is 16.3 Å². The Morgan fingerprint density at radius 1 is 0.953 bits per heavy atom. The van der Waals surface area contributed by atoms with Gasteiger partial charge < -0.3 is 14.2 Å². The van der Waals surface area contributed by atoms with Crippen molar-refractivity contribution in [3.63, 3.8) is 0 Å². The molecule has 1 aromatic heterocycles. The maximum absolute atomic E-state index is 14.0. The van der Waals surface area contributed by atoms with Crippen LogP contribution in [0.1, 0.15) is 40.3 Å². The molecule has 3 heterocycles. The summed E-state index contributed by atoms with van der Waals surface area (Å²) in [5.41, 5.74) is 7.26. The highest BCUT2D eigenvalue weighted by molar-refractivity contribution is 7.07. The summed E-state index contributed by atoms with van der Waals surface area (Å²) >= 11 is 8.16. The first-order valence-corrected chi connectivity index (χ1v) is 15.3. The summed E-state index contributed by atoms with van der Waals surface area (Å²) in [5.74, 6) is 2.22. The van der Waals surface area contributed by atoms with Gasteiger partial charge in [-0.3, -0.25) is 9.36 Å². The lowest BCUT2D eigenvalue weighted by Crippen LogP contribution is -2.38. The van der Waals surface area contributed by atoms with Gasteiger partial charge in [-0.15, -0.1) is 0 Å². The minimum atomic E-state index is -0.303. The molecule has 1 aliphatic carbocycles. The molecule has 4 aromatic carbocycles. The Kier molecular flexibility index (Phi) is 6.42. The number of allylic oxidation sites excluding steroid dienone is 1. The fourth-order valence-electron chi connectivity index (χ4n) is 6.00. The van der Waals surface area contributed by atoms with E-state index in [4.69, 9.17) is 30.8 Å². The molecular formula is C35H25ClN2O4S. The highest BCUT2D eigenvalue weighted by atomic mass is 35.5. The lowest BCUT2D eigenvalue weighted by Gasteiger charge is -2.31. The fraction of sp³-hybridized carbons (Fsp3) is 0.143. The Morgan fingerprint density at radius 3 is 2.65 bits per heavy atom. The third kappa shape index (κ3) is 4.65. The van der Waals surface area contributed by atoms with Crippen molar-refractivity contribution in [2.75, 3.05) is 6.79 Å². The number of fused-ring (bicyclic) bond motifs is 4. The third-order valence-electron chi connectivity index (χ3n) is 8.09. The number of thiazole rings is 1. The molecule has 0 fully saturated rings. The Morgan fingerprint density at radius 2 is 1.77 bits per heavy atom. The predicted molar refractivity (Wildman–Crippen MR) is 168 cm³/mol. The molecule has 0 bridgehead atoms. The highest BCUT2D eigenvalue weighted by Crippen LogP contribution is 2.42. The molecule has 3 aliphatic rings. The number of hydrogen-bond donors (Lipinski definition) is 0. The standard InChI is InChI=1S/C35H25ClN2O4S/c36-28-8-4-3-7-26(28)33-27-15-12-23-5-1-2-6-25(23)32(27)37-35-38(33)34(39)31(43-35)18-21-9-13-24(14-10-21)40-19-22-11-16-29-30(17-22)42-20-41-29/h1-11,13-14,16-18,33H,12,15,19-20H2/b31-18+. The van der Waals surface area contributed by atoms with Crippen LogP contribution in [0.5, 0.6) is 17.2 Å². The molecule has 43 heavy (non-hydrogen) atoms. The molecular weight excluding hydrogens is 580 g/mol. The predicted octanol–water partition coefficient (Wildman–Crippen LogP) is 6.28. The van der Waals surface area contributed by atoms with Crippen molar-refractivity contribution in [3.8, 4) is 17.2 Å². The van der Waals surface area contributed by atoms with E-state index in [-0.39, 0.29) is 18.4 Å². The molecule has 0 saturated carbocycles. The molecule has 2 aliphatic heterocycles. The third-order valence-corrected chi connectivity index (χ3v) is 9.42. The first-order chi connectivity index (χ1) is 21.1. The zero-order valence-electron chi connectivity index (χ0n) is 23.0. The minimum absolute atomic E-state index is 0.0674. The minimum Gasteiger partial charge on any atom is -0.489 e. The van der Waals surface area contributed by atoms with Crippen LogP contribution in [0, 0.1) is 0 Å². The molecule has 212 valence electrons. The van der Waals surface area contributed by atoms with Crippen LogP contribution in [0.3, 0.4) is 0 Å². The van der Waals surface area contributed by atoms with Crippen molar-refractivity contribution in [1.29, 1.82) is 0 Å². The van der Waals surface area contributed by atoms with E-state index in [9.17, 15) is 4.79 Å². The zero-order valence-corrected chi connectivity index (χ0v) is 24.5. The second kappa shape index (κ2) is 10.6. The van der Waals surface area contributed by atoms with E-state index in [2.05, 4.69) is 18.2 Å². The van der Waals surface area contributed by atoms with E-state index >= 15 is 0 Å². The molecule has 0 N–H and O–H groups in total. The van der Waals surface area contributed by atoms with Crippen LogP contribution >= 0.6 is 22.9 Å². The number of halogens is 1. The van der Waals surface area contributed by atoms with Gasteiger partial charge in [-0.05, 0) is 77.1 Å². The van der Waals surface area contributed by atoms with Crippen molar-refractivity contribution in [2.45, 2.75) is 25.5 Å². The number of rotatable bonds is 5. The monoisotopic (exact) mass is 604 g/mol. The van der Waals surface area contributed by atoms with Crippen LogP contribution in [0.4, 0.5) is 0 Å². The summed E-state index contributed by atoms with van der Waals surface area (Å²) < 4.78 is 19.3. The van der Waals surface area contributed by atoms with E-state index in [0.29, 0.717) is 21.0 Å². The molecule has 6 nitrogen and oxygen atoms in total. The van der Waals surface area contributed by atoms with Gasteiger partial charge in [-0.25, -0.2) is 4.99 Å². The largest absolute Gasteiger partial charge is 0.489 e. The second-order valence-electron chi connectivity index (χ2n) is 10.7. The average molecular weight is 605 g/mol. The number of nitrogens with zero attached hydrogens (tertiary/aromatic N) is 2. The molecule has 0 saturated heterocycles. The van der Waals surface area contributed by atoms with E-state index < -0.39 is 0 Å². The van der Waals surface area contributed by atoms with Gasteiger partial charge >= 0.3 is 0 Å². The Labute approximate surface area is 256 Å². The fourth-order valence-corrected chi connectivity index (χ4v) is 7.24. The Balaban J connectivity index is 1.14. The number of ether oxygens (including phenoxy) is 3. The molecule has 8 rings (SSSR count). The van der Waals surface area contributed by atoms with Crippen LogP contribution in [-0.2, 0) is 13.0 Å². The van der Waals surface area contributed by atoms with Crippen LogP contribution < -0.4 is 29.1 Å². The summed E-state index contributed by atoms with van der Waals surface area (Å²) in [4.78, 5) is 19.8. The van der Waals surface area contributed by atoms with Gasteiger partial charge in [0.1, 0.15) is 12.4 Å². The molecule has 5 aromatic rings. The van der Waals surface area contributed by atoms with Crippen molar-refractivity contribution in [3.05, 3.63) is 149 Å². The first kappa shape index (κ1) is 26.1. The SMILES string of the molecule is O=c1/c(=C\c2ccc(OCc3ccc4c(c3)OCO4)cc2)sc2n1C(c1ccccc1Cl)C1=C(N=2)c2ccccc2CC1. The Bertz CT molecular complexity index is 2110. The van der Waals surface area contributed by atoms with Crippen molar-refractivity contribution >= 4 is 34.7 Å². The van der Waals surface area contributed by atoms with Crippen molar-refractivity contribution < 1.29 is 14.2 Å². The number of benzene rings is 4. The molecule has 8 heteroatoms. The quantitative estimate of drug-likeness (QED) is 0.237. The number of aryl methyl sites for hydroxylation is 1. The zero-order chi connectivity index (χ0) is 28.9. The van der Waals surface area contributed by atoms with E-state index in [1.54, 1.807) is 0 Å². The first-order valence-electron chi connectivity index (χ1n) is 14.1. The molecule has 1 atom stereocenters. The topological polar surface area (TPSA) is 62.1 Å². The van der Waals surface area contributed by atoms with Gasteiger partial charge in [0.15, 0.2) is 16.3 Å². The number of hydrogen-bond acceptors (Lipinski definition) is 6. The van der Waals surface area contributed by atoms with Gasteiger partial charge in [0.2, 0.25) is 6.79 Å². The average Bonchev–Trinajstić information content (AvgIpc) is 3.63. The van der Waals surface area contributed by atoms with Crippen molar-refractivity contribution in [2.24, 2.45) is 4.99 Å². The Hall–Kier alpha value is -4.59. The van der Waals surface area contributed by atoms with Crippen molar-refractivity contribution in [1.82, 2.24) is 4.57 Å². The van der Waals surface area contributed by atoms with Gasteiger partial charge in [0.25, 0.3) is 5.56 Å². The molecule has 0 spiro atoms. The summed E-state index contributed by atoms with van der Waals surface area (Å²) in [5, 5.41) is 0.644. The summed E-state index contributed by atoms with van der Waals surface area (Å²) in [7, 11) is 0.